The lowest BCUT2D eigenvalue weighted by Gasteiger charge is -2.12. The van der Waals surface area contributed by atoms with Crippen molar-refractivity contribution in [3.63, 3.8) is 0 Å². The maximum Gasteiger partial charge on any atom is 0.0434 e. The first-order valence-corrected chi connectivity index (χ1v) is 14.2. The molecule has 0 nitrogen and oxygen atoms in total. The molecule has 0 fully saturated rings. The maximum absolute atomic E-state index is 2.44. The first kappa shape index (κ1) is 22.3. The summed E-state index contributed by atoms with van der Waals surface area (Å²) in [5.74, 6) is 0. The van der Waals surface area contributed by atoms with Gasteiger partial charge in [-0.25, -0.2) is 0 Å². The quantitative estimate of drug-likeness (QED) is 0.207. The van der Waals surface area contributed by atoms with Gasteiger partial charge in [-0.3, -0.25) is 0 Å². The molecular weight excluding hydrogens is 488 g/mol. The molecule has 1 heterocycles. The van der Waals surface area contributed by atoms with Crippen molar-refractivity contribution >= 4 is 54.4 Å². The lowest BCUT2D eigenvalue weighted by Crippen LogP contribution is -1.85. The Morgan fingerprint density at radius 2 is 0.846 bits per heavy atom. The number of hydrogen-bond acceptors (Lipinski definition) is 1. The maximum atomic E-state index is 2.44. The van der Waals surface area contributed by atoms with Crippen molar-refractivity contribution in [1.29, 1.82) is 0 Å². The molecule has 8 rings (SSSR count). The predicted molar refractivity (Wildman–Crippen MR) is 171 cm³/mol. The van der Waals surface area contributed by atoms with E-state index in [2.05, 4.69) is 146 Å². The van der Waals surface area contributed by atoms with Gasteiger partial charge in [0, 0.05) is 31.7 Å². The molecule has 0 bridgehead atoms. The first-order chi connectivity index (χ1) is 19.4. The molecule has 1 aromatic heterocycles. The molecule has 0 amide bonds. The summed E-state index contributed by atoms with van der Waals surface area (Å²) in [7, 11) is 0. The van der Waals surface area contributed by atoms with Crippen LogP contribution in [0.4, 0.5) is 0 Å². The van der Waals surface area contributed by atoms with Crippen LogP contribution in [-0.2, 0) is 0 Å². The van der Waals surface area contributed by atoms with Gasteiger partial charge in [0.05, 0.1) is 0 Å². The Labute approximate surface area is 231 Å². The van der Waals surface area contributed by atoms with Crippen LogP contribution in [0, 0.1) is 0 Å². The van der Waals surface area contributed by atoms with Gasteiger partial charge in [-0.05, 0) is 49.5 Å². The van der Waals surface area contributed by atoms with Crippen LogP contribution < -0.4 is 0 Å². The molecule has 39 heavy (non-hydrogen) atoms. The van der Waals surface area contributed by atoms with Gasteiger partial charge in [0.15, 0.2) is 0 Å². The minimum Gasteiger partial charge on any atom is -0.134 e. The first-order valence-electron chi connectivity index (χ1n) is 13.4. The summed E-state index contributed by atoms with van der Waals surface area (Å²) in [5, 5.41) is 10.4. The van der Waals surface area contributed by atoms with E-state index < -0.39 is 0 Å². The smallest absolute Gasteiger partial charge is 0.0434 e. The fourth-order valence-corrected chi connectivity index (χ4v) is 7.44. The van der Waals surface area contributed by atoms with Crippen molar-refractivity contribution in [2.45, 2.75) is 0 Å². The fourth-order valence-electron chi connectivity index (χ4n) is 6.09. The second kappa shape index (κ2) is 8.94. The van der Waals surface area contributed by atoms with Crippen LogP contribution in [0.1, 0.15) is 0 Å². The lowest BCUT2D eigenvalue weighted by atomic mass is 9.92. The zero-order chi connectivity index (χ0) is 25.8. The van der Waals surface area contributed by atoms with Gasteiger partial charge in [0.25, 0.3) is 0 Å². The van der Waals surface area contributed by atoms with Crippen molar-refractivity contribution in [2.24, 2.45) is 0 Å². The standard InChI is InChI=1S/C38H24S/c1-2-12-25(13-3-1)27-15-6-9-19-32(27)37-33-20-10-11-21-34(33)38(39-37)36-24-35-28-16-5-4-14-26(28)22-23-31(35)29-17-7-8-18-30(29)36/h1-24H. The van der Waals surface area contributed by atoms with Crippen LogP contribution in [0.3, 0.4) is 0 Å². The minimum atomic E-state index is 1.25. The molecule has 0 atom stereocenters. The highest BCUT2D eigenvalue weighted by Crippen LogP contribution is 2.49. The number of rotatable bonds is 3. The predicted octanol–water partition coefficient (Wildman–Crippen LogP) is 11.4. The SMILES string of the molecule is c1ccc(-c2ccccc2-c2sc(-c3cc4c5ccccc5ccc4c4ccccc34)c3ccccc23)cc1. The third-order valence-electron chi connectivity index (χ3n) is 7.89. The Balaban J connectivity index is 1.47. The van der Waals surface area contributed by atoms with E-state index in [9.17, 15) is 0 Å². The van der Waals surface area contributed by atoms with E-state index in [4.69, 9.17) is 0 Å². The van der Waals surface area contributed by atoms with Crippen LogP contribution in [0.5, 0.6) is 0 Å². The van der Waals surface area contributed by atoms with Crippen molar-refractivity contribution in [1.82, 2.24) is 0 Å². The molecule has 0 saturated heterocycles. The average molecular weight is 513 g/mol. The van der Waals surface area contributed by atoms with Crippen LogP contribution in [0.2, 0.25) is 0 Å². The Morgan fingerprint density at radius 3 is 1.62 bits per heavy atom. The summed E-state index contributed by atoms with van der Waals surface area (Å²) in [6.45, 7) is 0. The molecule has 0 N–H and O–H groups in total. The number of benzene rings is 7. The molecule has 0 saturated carbocycles. The summed E-state index contributed by atoms with van der Waals surface area (Å²) in [4.78, 5) is 2.65. The summed E-state index contributed by atoms with van der Waals surface area (Å²) in [5.41, 5.74) is 5.10. The third kappa shape index (κ3) is 3.51. The van der Waals surface area contributed by atoms with Gasteiger partial charge in [0.2, 0.25) is 0 Å². The molecule has 1 heteroatoms. The van der Waals surface area contributed by atoms with E-state index in [1.807, 2.05) is 11.3 Å². The van der Waals surface area contributed by atoms with Gasteiger partial charge in [-0.15, -0.1) is 11.3 Å². The van der Waals surface area contributed by atoms with Crippen LogP contribution in [0.15, 0.2) is 146 Å². The number of thiophene rings is 1. The number of hydrogen-bond donors (Lipinski definition) is 0. The lowest BCUT2D eigenvalue weighted by molar-refractivity contribution is 1.62. The Bertz CT molecular complexity index is 2170. The van der Waals surface area contributed by atoms with Crippen molar-refractivity contribution < 1.29 is 0 Å². The van der Waals surface area contributed by atoms with Crippen molar-refractivity contribution in [3.05, 3.63) is 146 Å². The van der Waals surface area contributed by atoms with Crippen molar-refractivity contribution in [2.75, 3.05) is 0 Å². The molecule has 0 aliphatic heterocycles. The van der Waals surface area contributed by atoms with E-state index >= 15 is 0 Å². The summed E-state index contributed by atoms with van der Waals surface area (Å²) in [6, 6.07) is 53.1. The molecule has 0 spiro atoms. The zero-order valence-electron chi connectivity index (χ0n) is 21.3. The van der Waals surface area contributed by atoms with Gasteiger partial charge in [-0.2, -0.15) is 0 Å². The summed E-state index contributed by atoms with van der Waals surface area (Å²) < 4.78 is 0. The summed E-state index contributed by atoms with van der Waals surface area (Å²) in [6.07, 6.45) is 0. The topological polar surface area (TPSA) is 0 Å². The Kier molecular flexibility index (Phi) is 5.11. The average Bonchev–Trinajstić information content (AvgIpc) is 3.40. The third-order valence-corrected chi connectivity index (χ3v) is 9.18. The van der Waals surface area contributed by atoms with Crippen LogP contribution in [0.25, 0.3) is 75.1 Å². The Hall–Kier alpha value is -4.72. The monoisotopic (exact) mass is 512 g/mol. The Morgan fingerprint density at radius 1 is 0.308 bits per heavy atom. The molecular formula is C38H24S. The highest BCUT2D eigenvalue weighted by Gasteiger charge is 2.19. The van der Waals surface area contributed by atoms with E-state index in [0.29, 0.717) is 0 Å². The highest BCUT2D eigenvalue weighted by atomic mass is 32.1. The molecule has 0 unspecified atom stereocenters. The van der Waals surface area contributed by atoms with Gasteiger partial charge >= 0.3 is 0 Å². The molecule has 182 valence electrons. The zero-order valence-corrected chi connectivity index (χ0v) is 22.1. The van der Waals surface area contributed by atoms with Gasteiger partial charge in [-0.1, -0.05) is 140 Å². The second-order valence-electron chi connectivity index (χ2n) is 10.1. The van der Waals surface area contributed by atoms with Gasteiger partial charge < -0.3 is 0 Å². The molecule has 0 radical (unpaired) electrons. The fraction of sp³-hybridized carbons (Fsp3) is 0. The largest absolute Gasteiger partial charge is 0.134 e. The molecule has 0 aliphatic carbocycles. The minimum absolute atomic E-state index is 1.25. The summed E-state index contributed by atoms with van der Waals surface area (Å²) >= 11 is 1.92. The molecule has 7 aromatic carbocycles. The molecule has 0 aliphatic rings. The van der Waals surface area contributed by atoms with Crippen LogP contribution in [-0.4, -0.2) is 0 Å². The normalized spacial score (nSPS) is 11.6. The van der Waals surface area contributed by atoms with E-state index in [0.717, 1.165) is 0 Å². The van der Waals surface area contributed by atoms with E-state index in [1.165, 1.54) is 75.1 Å². The van der Waals surface area contributed by atoms with Crippen molar-refractivity contribution in [3.8, 4) is 32.0 Å². The highest BCUT2D eigenvalue weighted by molar-refractivity contribution is 7.21. The van der Waals surface area contributed by atoms with Gasteiger partial charge in [0.1, 0.15) is 0 Å². The van der Waals surface area contributed by atoms with E-state index in [-0.39, 0.29) is 0 Å². The van der Waals surface area contributed by atoms with Crippen LogP contribution >= 0.6 is 11.3 Å². The van der Waals surface area contributed by atoms with E-state index in [1.54, 1.807) is 0 Å². The molecule has 8 aromatic rings. The second-order valence-corrected chi connectivity index (χ2v) is 11.1. The number of fused-ring (bicyclic) bond motifs is 6.